The number of rotatable bonds is 2. The molecule has 22 heavy (non-hydrogen) atoms. The number of aromatic nitrogens is 2. The minimum atomic E-state index is -0.225. The monoisotopic (exact) mass is 292 g/mol. The number of benzene rings is 2. The maximum atomic E-state index is 11.8. The Kier molecular flexibility index (Phi) is 3.37. The van der Waals surface area contributed by atoms with Crippen LogP contribution < -0.4 is 0 Å². The van der Waals surface area contributed by atoms with E-state index in [0.717, 1.165) is 16.3 Å². The molecule has 4 heteroatoms. The lowest BCUT2D eigenvalue weighted by Gasteiger charge is -2.10. The van der Waals surface area contributed by atoms with Crippen molar-refractivity contribution in [2.75, 3.05) is 0 Å². The molecule has 1 N–H and O–H groups in total. The minimum Gasteiger partial charge on any atom is -0.512 e. The van der Waals surface area contributed by atoms with Crippen molar-refractivity contribution >= 4 is 33.2 Å². The average molecular weight is 292 g/mol. The summed E-state index contributed by atoms with van der Waals surface area (Å²) in [5.41, 5.74) is 2.77. The topological polar surface area (TPSA) is 63.1 Å². The molecule has 3 aromatic rings. The Morgan fingerprint density at radius 3 is 2.05 bits per heavy atom. The molecule has 0 atom stereocenters. The number of aliphatic hydroxyl groups excluding tert-OH is 1. The zero-order valence-corrected chi connectivity index (χ0v) is 12.7. The Bertz CT molecular complexity index is 938. The van der Waals surface area contributed by atoms with Gasteiger partial charge in [0.05, 0.1) is 28.0 Å². The number of aliphatic hydroxyl groups is 1. The third-order valence-electron chi connectivity index (χ3n) is 3.66. The van der Waals surface area contributed by atoms with Gasteiger partial charge in [-0.25, -0.2) is 9.97 Å². The molecule has 1 aromatic heterocycles. The molecular formula is C18H16N2O2. The molecule has 0 aliphatic rings. The summed E-state index contributed by atoms with van der Waals surface area (Å²) in [6.45, 7) is 4.70. The van der Waals surface area contributed by atoms with E-state index >= 15 is 0 Å². The van der Waals surface area contributed by atoms with Crippen molar-refractivity contribution in [3.8, 4) is 0 Å². The molecule has 0 bridgehead atoms. The Morgan fingerprint density at radius 2 is 1.55 bits per heavy atom. The van der Waals surface area contributed by atoms with Crippen molar-refractivity contribution in [2.24, 2.45) is 0 Å². The van der Waals surface area contributed by atoms with Gasteiger partial charge in [0.1, 0.15) is 5.76 Å². The van der Waals surface area contributed by atoms with Crippen LogP contribution in [-0.2, 0) is 4.79 Å². The van der Waals surface area contributed by atoms with Gasteiger partial charge in [0, 0.05) is 0 Å². The van der Waals surface area contributed by atoms with Gasteiger partial charge in [-0.05, 0) is 43.7 Å². The molecule has 0 unspecified atom stereocenters. The Hall–Kier alpha value is -2.75. The van der Waals surface area contributed by atoms with Gasteiger partial charge in [0.2, 0.25) is 0 Å². The highest BCUT2D eigenvalue weighted by atomic mass is 16.3. The number of carbonyl (C=O) groups excluding carboxylic acids is 1. The molecule has 110 valence electrons. The number of aryl methyl sites for hydroxylation is 1. The predicted octanol–water partition coefficient (Wildman–Crippen LogP) is 3.97. The first-order valence-corrected chi connectivity index (χ1v) is 7.05. The summed E-state index contributed by atoms with van der Waals surface area (Å²) < 4.78 is 0. The average Bonchev–Trinajstić information content (AvgIpc) is 2.45. The summed E-state index contributed by atoms with van der Waals surface area (Å²) in [5, 5.41) is 12.0. The zero-order chi connectivity index (χ0) is 15.9. The first-order valence-electron chi connectivity index (χ1n) is 7.05. The van der Waals surface area contributed by atoms with E-state index < -0.39 is 0 Å². The molecule has 2 aromatic carbocycles. The van der Waals surface area contributed by atoms with E-state index in [1.807, 2.05) is 36.4 Å². The molecular weight excluding hydrogens is 276 g/mol. The van der Waals surface area contributed by atoms with Crippen molar-refractivity contribution in [1.82, 2.24) is 9.97 Å². The van der Waals surface area contributed by atoms with Gasteiger partial charge in [-0.2, -0.15) is 0 Å². The highest BCUT2D eigenvalue weighted by Gasteiger charge is 2.17. The van der Waals surface area contributed by atoms with Crippen LogP contribution in [0.2, 0.25) is 0 Å². The molecule has 0 radical (unpaired) electrons. The third-order valence-corrected chi connectivity index (χ3v) is 3.66. The molecule has 0 saturated heterocycles. The number of Topliss-reactive ketones (excluding diaryl/α,β-unsaturated/α-hetero) is 1. The summed E-state index contributed by atoms with van der Waals surface area (Å²) in [4.78, 5) is 20.9. The maximum Gasteiger partial charge on any atom is 0.165 e. The van der Waals surface area contributed by atoms with Gasteiger partial charge in [-0.1, -0.05) is 24.3 Å². The number of hydrogen-bond donors (Lipinski definition) is 1. The molecule has 0 amide bonds. The van der Waals surface area contributed by atoms with Gasteiger partial charge >= 0.3 is 0 Å². The summed E-state index contributed by atoms with van der Waals surface area (Å²) >= 11 is 0. The van der Waals surface area contributed by atoms with E-state index in [0.29, 0.717) is 16.9 Å². The van der Waals surface area contributed by atoms with Crippen LogP contribution in [0, 0.1) is 6.92 Å². The van der Waals surface area contributed by atoms with Crippen LogP contribution in [0.3, 0.4) is 0 Å². The van der Waals surface area contributed by atoms with E-state index in [4.69, 9.17) is 0 Å². The van der Waals surface area contributed by atoms with E-state index in [9.17, 15) is 9.90 Å². The largest absolute Gasteiger partial charge is 0.512 e. The highest BCUT2D eigenvalue weighted by Crippen LogP contribution is 2.25. The molecule has 0 aliphatic heterocycles. The van der Waals surface area contributed by atoms with Crippen LogP contribution in [0.25, 0.3) is 27.4 Å². The minimum absolute atomic E-state index is 0.0370. The van der Waals surface area contributed by atoms with E-state index in [-0.39, 0.29) is 17.1 Å². The molecule has 1 heterocycles. The lowest BCUT2D eigenvalue weighted by atomic mass is 10.0. The smallest absolute Gasteiger partial charge is 0.165 e. The Morgan fingerprint density at radius 1 is 1.00 bits per heavy atom. The number of ketones is 1. The fraction of sp³-hybridized carbons (Fsp3) is 0.167. The Labute approximate surface area is 128 Å². The van der Waals surface area contributed by atoms with E-state index in [2.05, 4.69) is 9.97 Å². The standard InChI is InChI=1S/C18H16N2O2/c1-10-18(17(11(2)21)12(3)22)20-16-9-14-7-5-4-6-13(14)8-15(16)19-10/h4-9,21H,1-3H3/b17-11+. The van der Waals surface area contributed by atoms with Crippen LogP contribution in [0.4, 0.5) is 0 Å². The summed E-state index contributed by atoms with van der Waals surface area (Å²) in [5.74, 6) is -0.262. The number of allylic oxidation sites excluding steroid dienone is 2. The summed E-state index contributed by atoms with van der Waals surface area (Å²) in [7, 11) is 0. The SMILES string of the molecule is CC(=O)/C(=C(/C)O)c1nc2cc3ccccc3cc2nc1C. The number of hydrogen-bond acceptors (Lipinski definition) is 4. The predicted molar refractivity (Wildman–Crippen MR) is 87.7 cm³/mol. The van der Waals surface area contributed by atoms with Crippen molar-refractivity contribution < 1.29 is 9.90 Å². The Balaban J connectivity index is 2.34. The molecule has 0 spiro atoms. The van der Waals surface area contributed by atoms with Gasteiger partial charge in [-0.3, -0.25) is 4.79 Å². The normalized spacial score (nSPS) is 12.5. The van der Waals surface area contributed by atoms with Crippen LogP contribution in [0.5, 0.6) is 0 Å². The summed E-state index contributed by atoms with van der Waals surface area (Å²) in [6.07, 6.45) is 0. The number of carbonyl (C=O) groups is 1. The van der Waals surface area contributed by atoms with Crippen LogP contribution in [0.1, 0.15) is 25.2 Å². The lowest BCUT2D eigenvalue weighted by Crippen LogP contribution is -2.06. The van der Waals surface area contributed by atoms with Crippen LogP contribution >= 0.6 is 0 Å². The third kappa shape index (κ3) is 2.33. The van der Waals surface area contributed by atoms with Crippen molar-refractivity contribution in [1.29, 1.82) is 0 Å². The van der Waals surface area contributed by atoms with Gasteiger partial charge in [0.25, 0.3) is 0 Å². The lowest BCUT2D eigenvalue weighted by molar-refractivity contribution is -0.111. The van der Waals surface area contributed by atoms with Gasteiger partial charge in [0.15, 0.2) is 5.78 Å². The fourth-order valence-electron chi connectivity index (χ4n) is 2.66. The zero-order valence-electron chi connectivity index (χ0n) is 12.7. The van der Waals surface area contributed by atoms with Crippen LogP contribution in [-0.4, -0.2) is 20.9 Å². The second-order valence-electron chi connectivity index (χ2n) is 5.36. The maximum absolute atomic E-state index is 11.8. The van der Waals surface area contributed by atoms with Crippen LogP contribution in [0.15, 0.2) is 42.2 Å². The van der Waals surface area contributed by atoms with Crippen molar-refractivity contribution in [3.05, 3.63) is 53.5 Å². The highest BCUT2D eigenvalue weighted by molar-refractivity contribution is 6.20. The first-order chi connectivity index (χ1) is 10.5. The van der Waals surface area contributed by atoms with E-state index in [1.54, 1.807) is 6.92 Å². The van der Waals surface area contributed by atoms with Crippen molar-refractivity contribution in [3.63, 3.8) is 0 Å². The quantitative estimate of drug-likeness (QED) is 0.441. The van der Waals surface area contributed by atoms with Gasteiger partial charge in [-0.15, -0.1) is 0 Å². The van der Waals surface area contributed by atoms with E-state index in [1.165, 1.54) is 13.8 Å². The number of nitrogens with zero attached hydrogens (tertiary/aromatic N) is 2. The molecule has 4 nitrogen and oxygen atoms in total. The molecule has 0 fully saturated rings. The summed E-state index contributed by atoms with van der Waals surface area (Å²) in [6, 6.07) is 11.9. The van der Waals surface area contributed by atoms with Gasteiger partial charge < -0.3 is 5.11 Å². The fourth-order valence-corrected chi connectivity index (χ4v) is 2.66. The second kappa shape index (κ2) is 5.22. The molecule has 3 rings (SSSR count). The van der Waals surface area contributed by atoms with Crippen molar-refractivity contribution in [2.45, 2.75) is 20.8 Å². The molecule has 0 aliphatic carbocycles. The first kappa shape index (κ1) is 14.2. The second-order valence-corrected chi connectivity index (χ2v) is 5.36. The number of fused-ring (bicyclic) bond motifs is 2. The molecule has 0 saturated carbocycles.